The lowest BCUT2D eigenvalue weighted by Gasteiger charge is -2.27. The van der Waals surface area contributed by atoms with Gasteiger partial charge in [0.15, 0.2) is 22.4 Å². The van der Waals surface area contributed by atoms with E-state index in [-0.39, 0.29) is 29.3 Å². The fourth-order valence-corrected chi connectivity index (χ4v) is 3.89. The van der Waals surface area contributed by atoms with Gasteiger partial charge in [0, 0.05) is 23.5 Å². The van der Waals surface area contributed by atoms with Gasteiger partial charge in [-0.3, -0.25) is 9.79 Å². The molecule has 0 atom stereocenters. The molecule has 3 rings (SSSR count). The molecular formula is C21H25BrN2O3S. The summed E-state index contributed by atoms with van der Waals surface area (Å²) in [5.41, 5.74) is 2.72. The maximum atomic E-state index is 13.0. The number of anilines is 1. The van der Waals surface area contributed by atoms with Crippen LogP contribution in [0.3, 0.4) is 0 Å². The topological polar surface area (TPSA) is 51.1 Å². The first-order chi connectivity index (χ1) is 13.1. The van der Waals surface area contributed by atoms with E-state index in [0.717, 1.165) is 35.1 Å². The van der Waals surface area contributed by atoms with E-state index in [1.54, 1.807) is 44.2 Å². The van der Waals surface area contributed by atoms with E-state index in [1.807, 2.05) is 30.0 Å². The first-order valence-electron chi connectivity index (χ1n) is 8.89. The van der Waals surface area contributed by atoms with Crippen LogP contribution in [0.2, 0.25) is 0 Å². The van der Waals surface area contributed by atoms with E-state index >= 15 is 0 Å². The molecule has 2 aromatic rings. The van der Waals surface area contributed by atoms with Gasteiger partial charge in [-0.15, -0.1) is 17.0 Å². The number of hydrogen-bond acceptors (Lipinski definition) is 6. The number of hydrogen-bond donors (Lipinski definition) is 0. The van der Waals surface area contributed by atoms with Crippen molar-refractivity contribution in [2.45, 2.75) is 13.3 Å². The highest BCUT2D eigenvalue weighted by molar-refractivity contribution is 8.93. The van der Waals surface area contributed by atoms with Crippen molar-refractivity contribution in [2.24, 2.45) is 4.99 Å². The van der Waals surface area contributed by atoms with Crippen LogP contribution in [0.15, 0.2) is 47.5 Å². The molecule has 28 heavy (non-hydrogen) atoms. The van der Waals surface area contributed by atoms with Gasteiger partial charge < -0.3 is 14.4 Å². The number of amidine groups is 1. The van der Waals surface area contributed by atoms with Crippen molar-refractivity contribution in [1.29, 1.82) is 0 Å². The number of thioether (sulfide) groups is 1. The number of ketones is 1. The first-order valence-corrected chi connectivity index (χ1v) is 9.87. The van der Waals surface area contributed by atoms with Crippen LogP contribution in [0.4, 0.5) is 5.69 Å². The number of rotatable bonds is 6. The molecule has 0 aliphatic carbocycles. The molecule has 1 aliphatic heterocycles. The zero-order valence-electron chi connectivity index (χ0n) is 16.3. The Kier molecular flexibility index (Phi) is 8.38. The summed E-state index contributed by atoms with van der Waals surface area (Å²) in [4.78, 5) is 19.7. The van der Waals surface area contributed by atoms with E-state index in [4.69, 9.17) is 9.47 Å². The van der Waals surface area contributed by atoms with Crippen molar-refractivity contribution in [3.8, 4) is 11.5 Å². The Balaban J connectivity index is 0.00000280. The van der Waals surface area contributed by atoms with Gasteiger partial charge in [-0.2, -0.15) is 0 Å². The van der Waals surface area contributed by atoms with Crippen LogP contribution in [0.5, 0.6) is 11.5 Å². The molecule has 0 saturated heterocycles. The molecule has 150 valence electrons. The summed E-state index contributed by atoms with van der Waals surface area (Å²) in [7, 11) is 3.15. The van der Waals surface area contributed by atoms with E-state index in [2.05, 4.69) is 11.1 Å². The standard InChI is InChI=1S/C21H24N2O3S.BrH/c1-15-6-4-7-17(12-15)23(21-22-10-5-11-27-21)14-18(24)16-8-9-19(25-2)20(13-16)26-3;/h4,6-9,12-13H,5,10-11,14H2,1-3H3;1H. The van der Waals surface area contributed by atoms with Crippen LogP contribution in [0.1, 0.15) is 22.3 Å². The van der Waals surface area contributed by atoms with Crippen LogP contribution >= 0.6 is 28.7 Å². The molecule has 0 amide bonds. The third kappa shape index (κ3) is 5.29. The molecule has 2 aromatic carbocycles. The molecule has 0 aromatic heterocycles. The van der Waals surface area contributed by atoms with Gasteiger partial charge in [0.2, 0.25) is 0 Å². The van der Waals surface area contributed by atoms with E-state index in [0.29, 0.717) is 17.1 Å². The maximum Gasteiger partial charge on any atom is 0.182 e. The molecular weight excluding hydrogens is 440 g/mol. The number of methoxy groups -OCH3 is 2. The summed E-state index contributed by atoms with van der Waals surface area (Å²) in [6, 6.07) is 13.4. The summed E-state index contributed by atoms with van der Waals surface area (Å²) in [6.07, 6.45) is 1.07. The second-order valence-electron chi connectivity index (χ2n) is 6.28. The van der Waals surface area contributed by atoms with Gasteiger partial charge in [0.25, 0.3) is 0 Å². The summed E-state index contributed by atoms with van der Waals surface area (Å²) >= 11 is 1.70. The first kappa shape index (κ1) is 22.3. The number of ether oxygens (including phenoxy) is 2. The highest BCUT2D eigenvalue weighted by atomic mass is 79.9. The van der Waals surface area contributed by atoms with Crippen molar-refractivity contribution in [1.82, 2.24) is 0 Å². The lowest BCUT2D eigenvalue weighted by molar-refractivity contribution is 0.100. The summed E-state index contributed by atoms with van der Waals surface area (Å²) < 4.78 is 10.6. The van der Waals surface area contributed by atoms with Crippen molar-refractivity contribution >= 4 is 45.4 Å². The van der Waals surface area contributed by atoms with Gasteiger partial charge in [-0.25, -0.2) is 0 Å². The van der Waals surface area contributed by atoms with Crippen LogP contribution in [-0.4, -0.2) is 44.0 Å². The highest BCUT2D eigenvalue weighted by Crippen LogP contribution is 2.29. The highest BCUT2D eigenvalue weighted by Gasteiger charge is 2.21. The van der Waals surface area contributed by atoms with Gasteiger partial charge in [-0.1, -0.05) is 23.9 Å². The normalized spacial score (nSPS) is 13.2. The number of Topliss-reactive ketones (excluding diaryl/α,β-unsaturated/α-hetero) is 1. The quantitative estimate of drug-likeness (QED) is 0.576. The molecule has 5 nitrogen and oxygen atoms in total. The average Bonchev–Trinajstić information content (AvgIpc) is 2.71. The number of halogens is 1. The Morgan fingerprint density at radius 2 is 1.93 bits per heavy atom. The Hall–Kier alpha value is -1.99. The van der Waals surface area contributed by atoms with Crippen LogP contribution in [-0.2, 0) is 0 Å². The largest absolute Gasteiger partial charge is 0.493 e. The molecule has 0 unspecified atom stereocenters. The molecule has 1 aliphatic rings. The SMILES string of the molecule is Br.COc1ccc(C(=O)CN(C2=NCCCS2)c2cccc(C)c2)cc1OC. The molecule has 7 heteroatoms. The summed E-state index contributed by atoms with van der Waals surface area (Å²) in [6.45, 7) is 3.08. The Morgan fingerprint density at radius 3 is 2.57 bits per heavy atom. The fourth-order valence-electron chi connectivity index (χ4n) is 2.92. The van der Waals surface area contributed by atoms with E-state index in [9.17, 15) is 4.79 Å². The molecule has 0 radical (unpaired) electrons. The van der Waals surface area contributed by atoms with Gasteiger partial charge in [0.05, 0.1) is 20.8 Å². The van der Waals surface area contributed by atoms with Gasteiger partial charge >= 0.3 is 0 Å². The zero-order chi connectivity index (χ0) is 19.2. The van der Waals surface area contributed by atoms with Gasteiger partial charge in [-0.05, 0) is 49.2 Å². The zero-order valence-corrected chi connectivity index (χ0v) is 18.8. The Bertz CT molecular complexity index is 857. The number of nitrogens with zero attached hydrogens (tertiary/aromatic N) is 2. The number of carbonyl (C=O) groups is 1. The molecule has 0 bridgehead atoms. The third-order valence-corrected chi connectivity index (χ3v) is 5.43. The molecule has 0 saturated carbocycles. The predicted molar refractivity (Wildman–Crippen MR) is 122 cm³/mol. The van der Waals surface area contributed by atoms with Crippen molar-refractivity contribution in [2.75, 3.05) is 38.0 Å². The van der Waals surface area contributed by atoms with Gasteiger partial charge in [0.1, 0.15) is 0 Å². The maximum absolute atomic E-state index is 13.0. The monoisotopic (exact) mass is 464 g/mol. The Labute approximate surface area is 180 Å². The van der Waals surface area contributed by atoms with Crippen molar-refractivity contribution < 1.29 is 14.3 Å². The lowest BCUT2D eigenvalue weighted by Crippen LogP contribution is -2.35. The summed E-state index contributed by atoms with van der Waals surface area (Å²) in [5.74, 6) is 2.18. The minimum atomic E-state index is 0. The third-order valence-electron chi connectivity index (χ3n) is 4.33. The number of carbonyl (C=O) groups excluding carboxylic acids is 1. The summed E-state index contributed by atoms with van der Waals surface area (Å²) in [5, 5.41) is 0.903. The van der Waals surface area contributed by atoms with Crippen molar-refractivity contribution in [3.63, 3.8) is 0 Å². The van der Waals surface area contributed by atoms with Crippen molar-refractivity contribution in [3.05, 3.63) is 53.6 Å². The van der Waals surface area contributed by atoms with E-state index in [1.165, 1.54) is 0 Å². The number of benzene rings is 2. The minimum Gasteiger partial charge on any atom is -0.493 e. The average molecular weight is 465 g/mol. The second kappa shape index (κ2) is 10.5. The molecule has 0 spiro atoms. The minimum absolute atomic E-state index is 0. The Morgan fingerprint density at radius 1 is 1.14 bits per heavy atom. The smallest absolute Gasteiger partial charge is 0.182 e. The number of aryl methyl sites for hydroxylation is 1. The molecule has 1 heterocycles. The second-order valence-corrected chi connectivity index (χ2v) is 7.35. The van der Waals surface area contributed by atoms with E-state index < -0.39 is 0 Å². The van der Waals surface area contributed by atoms with Crippen LogP contribution in [0, 0.1) is 6.92 Å². The fraction of sp³-hybridized carbons (Fsp3) is 0.333. The van der Waals surface area contributed by atoms with Crippen LogP contribution in [0.25, 0.3) is 0 Å². The lowest BCUT2D eigenvalue weighted by atomic mass is 10.1. The molecule has 0 N–H and O–H groups in total. The molecule has 0 fully saturated rings. The number of aliphatic imine (C=N–C) groups is 1. The predicted octanol–water partition coefficient (Wildman–Crippen LogP) is 4.77. The van der Waals surface area contributed by atoms with Crippen LogP contribution < -0.4 is 14.4 Å².